The van der Waals surface area contributed by atoms with Crippen molar-refractivity contribution in [2.45, 2.75) is 52.1 Å². The Hall–Kier alpha value is -2.21. The molecule has 1 amide bonds. The monoisotopic (exact) mass is 368 g/mol. The lowest BCUT2D eigenvalue weighted by atomic mass is 9.92. The Morgan fingerprint density at radius 3 is 2.67 bits per heavy atom. The predicted molar refractivity (Wildman–Crippen MR) is 102 cm³/mol. The van der Waals surface area contributed by atoms with Crippen molar-refractivity contribution in [2.75, 3.05) is 19.6 Å². The van der Waals surface area contributed by atoms with Gasteiger partial charge in [-0.1, -0.05) is 36.3 Å². The quantitative estimate of drug-likeness (QED) is 0.830. The molecule has 4 rings (SSSR count). The minimum atomic E-state index is 0.107. The summed E-state index contributed by atoms with van der Waals surface area (Å²) in [5.74, 6) is 1.90. The third-order valence-corrected chi connectivity index (χ3v) is 6.03. The minimum Gasteiger partial charge on any atom is -0.338 e. The van der Waals surface area contributed by atoms with E-state index in [-0.39, 0.29) is 12.0 Å². The van der Waals surface area contributed by atoms with Gasteiger partial charge < -0.3 is 9.42 Å². The summed E-state index contributed by atoms with van der Waals surface area (Å²) >= 11 is 0. The van der Waals surface area contributed by atoms with Gasteiger partial charge in [0, 0.05) is 25.4 Å². The van der Waals surface area contributed by atoms with Crippen LogP contribution in [0.4, 0.5) is 0 Å². The van der Waals surface area contributed by atoms with Gasteiger partial charge >= 0.3 is 0 Å². The van der Waals surface area contributed by atoms with E-state index < -0.39 is 0 Å². The Labute approximate surface area is 160 Å². The topological polar surface area (TPSA) is 62.5 Å². The number of carbonyl (C=O) groups excluding carboxylic acids is 1. The van der Waals surface area contributed by atoms with Crippen molar-refractivity contribution in [3.05, 3.63) is 47.1 Å². The van der Waals surface area contributed by atoms with Crippen molar-refractivity contribution in [3.63, 3.8) is 0 Å². The molecule has 3 heterocycles. The van der Waals surface area contributed by atoms with Crippen molar-refractivity contribution in [1.82, 2.24) is 19.9 Å². The van der Waals surface area contributed by atoms with Crippen LogP contribution in [0.5, 0.6) is 0 Å². The molecule has 144 valence electrons. The van der Waals surface area contributed by atoms with E-state index in [2.05, 4.69) is 51.1 Å². The Balaban J connectivity index is 1.33. The first-order valence-electron chi connectivity index (χ1n) is 10.1. The normalized spacial score (nSPS) is 19.7. The molecular weight excluding hydrogens is 340 g/mol. The molecule has 1 saturated heterocycles. The lowest BCUT2D eigenvalue weighted by molar-refractivity contribution is -0.138. The van der Waals surface area contributed by atoms with E-state index in [9.17, 15) is 4.79 Å². The molecule has 0 radical (unpaired) electrons. The SMILES string of the molecule is CCc1noc([C@@H](C)N2CCC(C(=O)N3CCc4ccccc4C3)CC2)n1. The third-order valence-electron chi connectivity index (χ3n) is 6.03. The number of piperidine rings is 1. The van der Waals surface area contributed by atoms with Crippen molar-refractivity contribution in [3.8, 4) is 0 Å². The zero-order chi connectivity index (χ0) is 18.8. The number of fused-ring (bicyclic) bond motifs is 1. The summed E-state index contributed by atoms with van der Waals surface area (Å²) in [6.07, 6.45) is 3.55. The molecule has 6 nitrogen and oxygen atoms in total. The first-order chi connectivity index (χ1) is 13.2. The van der Waals surface area contributed by atoms with Gasteiger partial charge in [-0.15, -0.1) is 0 Å². The van der Waals surface area contributed by atoms with Crippen LogP contribution >= 0.6 is 0 Å². The van der Waals surface area contributed by atoms with Gasteiger partial charge in [0.2, 0.25) is 11.8 Å². The van der Waals surface area contributed by atoms with E-state index in [0.717, 1.165) is 57.7 Å². The number of hydrogen-bond donors (Lipinski definition) is 0. The van der Waals surface area contributed by atoms with Gasteiger partial charge in [0.25, 0.3) is 0 Å². The number of rotatable bonds is 4. The van der Waals surface area contributed by atoms with Gasteiger partial charge in [-0.3, -0.25) is 9.69 Å². The van der Waals surface area contributed by atoms with Crippen molar-refractivity contribution < 1.29 is 9.32 Å². The van der Waals surface area contributed by atoms with Crippen LogP contribution in [0.15, 0.2) is 28.8 Å². The summed E-state index contributed by atoms with van der Waals surface area (Å²) < 4.78 is 5.40. The van der Waals surface area contributed by atoms with Crippen LogP contribution < -0.4 is 0 Å². The van der Waals surface area contributed by atoms with Crippen LogP contribution in [-0.4, -0.2) is 45.5 Å². The highest BCUT2D eigenvalue weighted by Crippen LogP contribution is 2.28. The molecule has 1 aromatic heterocycles. The van der Waals surface area contributed by atoms with Gasteiger partial charge in [0.05, 0.1) is 6.04 Å². The van der Waals surface area contributed by atoms with Gasteiger partial charge in [0.1, 0.15) is 0 Å². The zero-order valence-electron chi connectivity index (χ0n) is 16.2. The molecular formula is C21H28N4O2. The van der Waals surface area contributed by atoms with Crippen LogP contribution in [0.3, 0.4) is 0 Å². The molecule has 27 heavy (non-hydrogen) atoms. The number of hydrogen-bond acceptors (Lipinski definition) is 5. The second-order valence-electron chi connectivity index (χ2n) is 7.67. The summed E-state index contributed by atoms with van der Waals surface area (Å²) in [7, 11) is 0. The van der Waals surface area contributed by atoms with Gasteiger partial charge in [-0.05, 0) is 50.4 Å². The van der Waals surface area contributed by atoms with Gasteiger partial charge in [-0.25, -0.2) is 0 Å². The molecule has 2 aromatic rings. The summed E-state index contributed by atoms with van der Waals surface area (Å²) in [6.45, 7) is 7.52. The van der Waals surface area contributed by atoms with E-state index >= 15 is 0 Å². The fraction of sp³-hybridized carbons (Fsp3) is 0.571. The average Bonchev–Trinajstić information content (AvgIpc) is 3.22. The Bertz CT molecular complexity index is 795. The maximum Gasteiger partial charge on any atom is 0.243 e. The molecule has 0 spiro atoms. The smallest absolute Gasteiger partial charge is 0.243 e. The molecule has 1 atom stereocenters. The molecule has 0 N–H and O–H groups in total. The lowest BCUT2D eigenvalue weighted by Gasteiger charge is -2.37. The minimum absolute atomic E-state index is 0.107. The number of nitrogens with zero attached hydrogens (tertiary/aromatic N) is 4. The van der Waals surface area contributed by atoms with Crippen molar-refractivity contribution in [2.24, 2.45) is 5.92 Å². The number of aromatic nitrogens is 2. The first-order valence-corrected chi connectivity index (χ1v) is 10.1. The molecule has 1 fully saturated rings. The molecule has 0 aliphatic carbocycles. The molecule has 6 heteroatoms. The van der Waals surface area contributed by atoms with Crippen molar-refractivity contribution in [1.29, 1.82) is 0 Å². The molecule has 0 unspecified atom stereocenters. The van der Waals surface area contributed by atoms with Crippen LogP contribution in [-0.2, 0) is 24.2 Å². The summed E-state index contributed by atoms with van der Waals surface area (Å²) in [6, 6.07) is 8.58. The number of benzene rings is 1. The lowest BCUT2D eigenvalue weighted by Crippen LogP contribution is -2.44. The Morgan fingerprint density at radius 1 is 1.22 bits per heavy atom. The standard InChI is InChI=1S/C21H28N4O2/c1-3-19-22-20(27-23-19)15(2)24-11-9-17(10-12-24)21(26)25-13-8-16-6-4-5-7-18(16)14-25/h4-7,15,17H,3,8-14H2,1-2H3/t15-/m1/s1. The second-order valence-corrected chi connectivity index (χ2v) is 7.67. The highest BCUT2D eigenvalue weighted by molar-refractivity contribution is 5.79. The number of amides is 1. The predicted octanol–water partition coefficient (Wildman–Crippen LogP) is 2.99. The van der Waals surface area contributed by atoms with E-state index in [1.165, 1.54) is 11.1 Å². The largest absolute Gasteiger partial charge is 0.338 e. The number of likely N-dealkylation sites (tertiary alicyclic amines) is 1. The highest BCUT2D eigenvalue weighted by Gasteiger charge is 2.32. The van der Waals surface area contributed by atoms with Crippen LogP contribution in [0, 0.1) is 5.92 Å². The van der Waals surface area contributed by atoms with Crippen molar-refractivity contribution >= 4 is 5.91 Å². The fourth-order valence-electron chi connectivity index (χ4n) is 4.21. The van der Waals surface area contributed by atoms with Gasteiger partial charge in [-0.2, -0.15) is 4.98 Å². The average molecular weight is 368 g/mol. The van der Waals surface area contributed by atoms with E-state index in [4.69, 9.17) is 4.52 Å². The van der Waals surface area contributed by atoms with E-state index in [0.29, 0.717) is 11.8 Å². The fourth-order valence-corrected chi connectivity index (χ4v) is 4.21. The highest BCUT2D eigenvalue weighted by atomic mass is 16.5. The molecule has 1 aromatic carbocycles. The van der Waals surface area contributed by atoms with Crippen LogP contribution in [0.1, 0.15) is 55.6 Å². The zero-order valence-corrected chi connectivity index (χ0v) is 16.2. The third kappa shape index (κ3) is 3.76. The molecule has 0 bridgehead atoms. The maximum atomic E-state index is 13.0. The summed E-state index contributed by atoms with van der Waals surface area (Å²) in [4.78, 5) is 21.9. The van der Waals surface area contributed by atoms with E-state index in [1.807, 2.05) is 6.92 Å². The van der Waals surface area contributed by atoms with E-state index in [1.54, 1.807) is 0 Å². The molecule has 2 aliphatic rings. The number of carbonyl (C=O) groups is 1. The Kier molecular flexibility index (Phi) is 5.25. The molecule has 0 saturated carbocycles. The summed E-state index contributed by atoms with van der Waals surface area (Å²) in [5, 5.41) is 4.00. The van der Waals surface area contributed by atoms with Gasteiger partial charge in [0.15, 0.2) is 5.82 Å². The van der Waals surface area contributed by atoms with Crippen LogP contribution in [0.25, 0.3) is 0 Å². The maximum absolute atomic E-state index is 13.0. The Morgan fingerprint density at radius 2 is 1.96 bits per heavy atom. The second kappa shape index (κ2) is 7.80. The first kappa shape index (κ1) is 18.2. The van der Waals surface area contributed by atoms with Crippen LogP contribution in [0.2, 0.25) is 0 Å². The molecule has 2 aliphatic heterocycles. The summed E-state index contributed by atoms with van der Waals surface area (Å²) in [5.41, 5.74) is 2.68. The number of aryl methyl sites for hydroxylation is 1.